The van der Waals surface area contributed by atoms with Crippen molar-refractivity contribution < 1.29 is 9.90 Å². The van der Waals surface area contributed by atoms with E-state index in [0.29, 0.717) is 16.8 Å². The summed E-state index contributed by atoms with van der Waals surface area (Å²) in [6.45, 7) is 0. The Labute approximate surface area is 187 Å². The number of hydrogen-bond acceptors (Lipinski definition) is 3. The number of hydrogen-bond donors (Lipinski definition) is 2. The number of nitrogens with zero attached hydrogens (tertiary/aromatic N) is 1. The molecule has 0 aliphatic heterocycles. The Morgan fingerprint density at radius 3 is 1.66 bits per heavy atom. The molecule has 0 aliphatic carbocycles. The van der Waals surface area contributed by atoms with Gasteiger partial charge in [0.25, 0.3) is 0 Å². The second-order valence-electron chi connectivity index (χ2n) is 7.07. The van der Waals surface area contributed by atoms with E-state index in [-0.39, 0.29) is 23.0 Å². The minimum absolute atomic E-state index is 0.0927. The second-order valence-corrected chi connectivity index (χ2v) is 7.07. The van der Waals surface area contributed by atoms with E-state index < -0.39 is 0 Å². The minimum Gasteiger partial charge on any atom is -0.506 e. The summed E-state index contributed by atoms with van der Waals surface area (Å²) in [4.78, 5) is 18.4. The lowest BCUT2D eigenvalue weighted by molar-refractivity contribution is 0.103. The van der Waals surface area contributed by atoms with E-state index in [1.54, 1.807) is 36.4 Å². The first kappa shape index (κ1) is 20.8. The number of aliphatic hydroxyl groups is 1. The number of benzene rings is 4. The summed E-state index contributed by atoms with van der Waals surface area (Å²) in [5.41, 5.74) is 2.49. The molecular weight excluding hydrogens is 396 g/mol. The van der Waals surface area contributed by atoms with Gasteiger partial charge in [-0.15, -0.1) is 0 Å². The van der Waals surface area contributed by atoms with Crippen molar-refractivity contribution in [2.24, 2.45) is 4.99 Å². The molecule has 0 heterocycles. The maximum atomic E-state index is 13.6. The maximum Gasteiger partial charge on any atom is 0.200 e. The third-order valence-electron chi connectivity index (χ3n) is 4.82. The van der Waals surface area contributed by atoms with Crippen molar-refractivity contribution in [3.63, 3.8) is 0 Å². The van der Waals surface area contributed by atoms with Crippen LogP contribution in [0.25, 0.3) is 5.76 Å². The fourth-order valence-electron chi connectivity index (χ4n) is 3.24. The monoisotopic (exact) mass is 418 g/mol. The normalized spacial score (nSPS) is 12.1. The van der Waals surface area contributed by atoms with Crippen LogP contribution >= 0.6 is 0 Å². The van der Waals surface area contributed by atoms with Crippen molar-refractivity contribution in [2.75, 3.05) is 5.32 Å². The molecule has 0 saturated carbocycles. The van der Waals surface area contributed by atoms with Crippen LogP contribution < -0.4 is 5.32 Å². The highest BCUT2D eigenvalue weighted by atomic mass is 16.3. The predicted octanol–water partition coefficient (Wildman–Crippen LogP) is 6.68. The molecule has 0 radical (unpaired) electrons. The molecule has 156 valence electrons. The van der Waals surface area contributed by atoms with Crippen molar-refractivity contribution in [3.8, 4) is 0 Å². The Bertz CT molecular complexity index is 1230. The maximum absolute atomic E-state index is 13.6. The first-order valence-electron chi connectivity index (χ1n) is 10.3. The van der Waals surface area contributed by atoms with E-state index in [1.165, 1.54) is 0 Å². The summed E-state index contributed by atoms with van der Waals surface area (Å²) in [6, 6.07) is 36.7. The van der Waals surface area contributed by atoms with Gasteiger partial charge in [-0.1, -0.05) is 97.1 Å². The quantitative estimate of drug-likeness (QED) is 0.121. The van der Waals surface area contributed by atoms with Gasteiger partial charge in [-0.25, -0.2) is 4.99 Å². The number of carbonyl (C=O) groups excluding carboxylic acids is 1. The highest BCUT2D eigenvalue weighted by molar-refractivity contribution is 6.34. The van der Waals surface area contributed by atoms with E-state index in [1.807, 2.05) is 84.9 Å². The lowest BCUT2D eigenvalue weighted by Crippen LogP contribution is -2.23. The molecule has 4 heteroatoms. The van der Waals surface area contributed by atoms with Crippen LogP contribution in [0.3, 0.4) is 0 Å². The Morgan fingerprint density at radius 2 is 1.09 bits per heavy atom. The number of amidine groups is 1. The van der Waals surface area contributed by atoms with Gasteiger partial charge in [0, 0.05) is 16.8 Å². The topological polar surface area (TPSA) is 61.7 Å². The lowest BCUT2D eigenvalue weighted by Gasteiger charge is -2.16. The van der Waals surface area contributed by atoms with E-state index in [9.17, 15) is 9.90 Å². The zero-order chi connectivity index (χ0) is 22.2. The summed E-state index contributed by atoms with van der Waals surface area (Å²) < 4.78 is 0. The van der Waals surface area contributed by atoms with Gasteiger partial charge < -0.3 is 10.4 Å². The molecule has 0 aliphatic rings. The Balaban J connectivity index is 1.92. The standard InChI is InChI=1S/C28H22N2O2/c31-26(21-13-5-1-6-14-21)25(27(32)22-15-7-2-8-16-22)28(29-23-17-9-3-10-18-23)30-24-19-11-4-12-20-24/h1-20,31H,(H,29,30)/b26-25-. The molecule has 0 unspecified atom stereocenters. The molecule has 0 fully saturated rings. The van der Waals surface area contributed by atoms with Crippen molar-refractivity contribution in [3.05, 3.63) is 138 Å². The van der Waals surface area contributed by atoms with Crippen molar-refractivity contribution in [1.82, 2.24) is 0 Å². The number of Topliss-reactive ketones (excluding diaryl/α,β-unsaturated/α-hetero) is 1. The third kappa shape index (κ3) is 4.99. The molecule has 0 spiro atoms. The van der Waals surface area contributed by atoms with E-state index >= 15 is 0 Å². The molecule has 4 rings (SSSR count). The van der Waals surface area contributed by atoms with E-state index in [0.717, 1.165) is 5.69 Å². The number of rotatable bonds is 6. The van der Waals surface area contributed by atoms with Crippen LogP contribution in [0.1, 0.15) is 15.9 Å². The summed E-state index contributed by atoms with van der Waals surface area (Å²) in [5.74, 6) is -0.208. The Morgan fingerprint density at radius 1 is 0.625 bits per heavy atom. The van der Waals surface area contributed by atoms with Gasteiger partial charge in [-0.2, -0.15) is 0 Å². The second kappa shape index (κ2) is 10.0. The highest BCUT2D eigenvalue weighted by Crippen LogP contribution is 2.24. The summed E-state index contributed by atoms with van der Waals surface area (Å²) in [7, 11) is 0. The molecule has 32 heavy (non-hydrogen) atoms. The average Bonchev–Trinajstić information content (AvgIpc) is 2.86. The molecule has 0 aromatic heterocycles. The van der Waals surface area contributed by atoms with Crippen LogP contribution in [-0.4, -0.2) is 16.7 Å². The fourth-order valence-corrected chi connectivity index (χ4v) is 3.24. The summed E-state index contributed by atoms with van der Waals surface area (Å²) in [6.07, 6.45) is 0. The van der Waals surface area contributed by atoms with Crippen molar-refractivity contribution >= 4 is 28.8 Å². The predicted molar refractivity (Wildman–Crippen MR) is 130 cm³/mol. The van der Waals surface area contributed by atoms with Crippen molar-refractivity contribution in [1.29, 1.82) is 0 Å². The molecule has 2 N–H and O–H groups in total. The SMILES string of the molecule is O=C(/C(C(=Nc1ccccc1)Nc1ccccc1)=C(/O)c1ccccc1)c1ccccc1. The molecule has 0 saturated heterocycles. The van der Waals surface area contributed by atoms with Gasteiger partial charge in [-0.05, 0) is 24.3 Å². The molecular formula is C28H22N2O2. The lowest BCUT2D eigenvalue weighted by atomic mass is 9.98. The molecule has 4 aromatic rings. The Kier molecular flexibility index (Phi) is 6.54. The van der Waals surface area contributed by atoms with Crippen LogP contribution in [0.5, 0.6) is 0 Å². The first-order chi connectivity index (χ1) is 15.7. The van der Waals surface area contributed by atoms with Crippen molar-refractivity contribution in [2.45, 2.75) is 0 Å². The van der Waals surface area contributed by atoms with E-state index in [4.69, 9.17) is 4.99 Å². The average molecular weight is 418 g/mol. The number of carbonyl (C=O) groups is 1. The zero-order valence-electron chi connectivity index (χ0n) is 17.3. The number of aliphatic imine (C=N–C) groups is 1. The molecule has 0 atom stereocenters. The summed E-state index contributed by atoms with van der Waals surface area (Å²) in [5, 5.41) is 14.5. The summed E-state index contributed by atoms with van der Waals surface area (Å²) >= 11 is 0. The Hall–Kier alpha value is -4.44. The smallest absolute Gasteiger partial charge is 0.200 e. The van der Waals surface area contributed by atoms with Gasteiger partial charge in [0.15, 0.2) is 0 Å². The number of anilines is 1. The largest absolute Gasteiger partial charge is 0.506 e. The van der Waals surface area contributed by atoms with Gasteiger partial charge in [0.1, 0.15) is 17.2 Å². The van der Waals surface area contributed by atoms with Crippen LogP contribution in [-0.2, 0) is 0 Å². The number of para-hydroxylation sites is 2. The number of ketones is 1. The van der Waals surface area contributed by atoms with Crippen LogP contribution in [0, 0.1) is 0 Å². The van der Waals surface area contributed by atoms with Crippen LogP contribution in [0.4, 0.5) is 11.4 Å². The molecule has 0 bridgehead atoms. The van der Waals surface area contributed by atoms with Crippen LogP contribution in [0.15, 0.2) is 132 Å². The van der Waals surface area contributed by atoms with Gasteiger partial charge >= 0.3 is 0 Å². The third-order valence-corrected chi connectivity index (χ3v) is 4.82. The zero-order valence-corrected chi connectivity index (χ0v) is 17.3. The molecule has 4 aromatic carbocycles. The van der Waals surface area contributed by atoms with Gasteiger partial charge in [0.2, 0.25) is 5.78 Å². The van der Waals surface area contributed by atoms with Gasteiger partial charge in [-0.3, -0.25) is 4.79 Å². The minimum atomic E-state index is -0.329. The number of nitrogens with one attached hydrogen (secondary N) is 1. The highest BCUT2D eigenvalue weighted by Gasteiger charge is 2.24. The van der Waals surface area contributed by atoms with Gasteiger partial charge in [0.05, 0.1) is 5.69 Å². The molecule has 4 nitrogen and oxygen atoms in total. The fraction of sp³-hybridized carbons (Fsp3) is 0. The first-order valence-corrected chi connectivity index (χ1v) is 10.3. The molecule has 0 amide bonds. The van der Waals surface area contributed by atoms with E-state index in [2.05, 4.69) is 5.32 Å². The number of aliphatic hydroxyl groups excluding tert-OH is 1. The van der Waals surface area contributed by atoms with Crippen LogP contribution in [0.2, 0.25) is 0 Å².